The summed E-state index contributed by atoms with van der Waals surface area (Å²) in [5, 5.41) is 15.4. The average molecular weight is 434 g/mol. The van der Waals surface area contributed by atoms with Gasteiger partial charge in [-0.15, -0.1) is 0 Å². The number of epoxide rings is 1. The lowest BCUT2D eigenvalue weighted by atomic mass is 10.1. The number of hydrogen-bond donors (Lipinski definition) is 2. The van der Waals surface area contributed by atoms with Crippen molar-refractivity contribution in [3.05, 3.63) is 54.0 Å². The Morgan fingerprint density at radius 3 is 2.81 bits per heavy atom. The summed E-state index contributed by atoms with van der Waals surface area (Å²) in [4.78, 5) is 16.2. The second kappa shape index (κ2) is 8.32. The second-order valence-corrected chi connectivity index (χ2v) is 7.67. The highest BCUT2D eigenvalue weighted by atomic mass is 19.1. The van der Waals surface area contributed by atoms with Gasteiger partial charge >= 0.3 is 6.03 Å². The molecule has 2 fully saturated rings. The van der Waals surface area contributed by atoms with Gasteiger partial charge in [0.05, 0.1) is 23.4 Å². The number of fused-ring (bicyclic) bond motifs is 1. The molecule has 1 atom stereocenters. The van der Waals surface area contributed by atoms with E-state index in [1.54, 1.807) is 30.5 Å². The van der Waals surface area contributed by atoms with Gasteiger partial charge in [-0.1, -0.05) is 0 Å². The topological polar surface area (TPSA) is 109 Å². The maximum Gasteiger partial charge on any atom is 0.319 e. The first-order valence-corrected chi connectivity index (χ1v) is 10.2. The Morgan fingerprint density at radius 2 is 2.09 bits per heavy atom. The minimum Gasteiger partial charge on any atom is -0.489 e. The van der Waals surface area contributed by atoms with Gasteiger partial charge in [0.1, 0.15) is 41.8 Å². The molecule has 0 radical (unpaired) electrons. The van der Waals surface area contributed by atoms with Crippen molar-refractivity contribution < 1.29 is 23.4 Å². The molecule has 2 N–H and O–H groups in total. The highest BCUT2D eigenvalue weighted by Crippen LogP contribution is 2.34. The molecule has 3 aromatic rings. The van der Waals surface area contributed by atoms with E-state index in [1.807, 2.05) is 0 Å². The molecule has 2 amide bonds. The van der Waals surface area contributed by atoms with Crippen LogP contribution in [0, 0.1) is 17.1 Å². The lowest BCUT2D eigenvalue weighted by Crippen LogP contribution is -2.30. The summed E-state index contributed by atoms with van der Waals surface area (Å²) >= 11 is 0. The van der Waals surface area contributed by atoms with E-state index >= 15 is 0 Å². The van der Waals surface area contributed by atoms with Gasteiger partial charge in [0.15, 0.2) is 0 Å². The van der Waals surface area contributed by atoms with Gasteiger partial charge in [-0.05, 0) is 37.1 Å². The van der Waals surface area contributed by atoms with Gasteiger partial charge < -0.3 is 24.8 Å². The van der Waals surface area contributed by atoms with Crippen molar-refractivity contribution in [1.29, 1.82) is 5.26 Å². The maximum atomic E-state index is 14.5. The minimum absolute atomic E-state index is 0.0586. The zero-order valence-corrected chi connectivity index (χ0v) is 16.9. The van der Waals surface area contributed by atoms with Crippen molar-refractivity contribution in [1.82, 2.24) is 10.3 Å². The number of urea groups is 1. The molecule has 9 heteroatoms. The standard InChI is InChI=1S/C23H19FN4O4/c24-18-8-15(3-4-19(18)28-23(29)27-14-1-2-14)32-21-5-6-26-20-9-22(31-12-16-11-30-16)13(10-25)7-17(20)21/h3-9,14,16H,1-2,11-12H2,(H2,27,28,29). The summed E-state index contributed by atoms with van der Waals surface area (Å²) in [5.41, 5.74) is 0.968. The number of nitriles is 1. The lowest BCUT2D eigenvalue weighted by Gasteiger charge is -2.13. The molecule has 162 valence electrons. The molecule has 32 heavy (non-hydrogen) atoms. The first kappa shape index (κ1) is 20.0. The number of halogens is 1. The molecular weight excluding hydrogens is 415 g/mol. The van der Waals surface area contributed by atoms with Gasteiger partial charge in [0.25, 0.3) is 0 Å². The molecule has 8 nitrogen and oxygen atoms in total. The predicted octanol–water partition coefficient (Wildman–Crippen LogP) is 4.10. The third-order valence-corrected chi connectivity index (χ3v) is 5.08. The molecule has 2 aliphatic rings. The number of ether oxygens (including phenoxy) is 3. The number of benzene rings is 2. The lowest BCUT2D eigenvalue weighted by molar-refractivity contribution is 0.251. The first-order chi connectivity index (χ1) is 15.6. The maximum absolute atomic E-state index is 14.5. The number of amides is 2. The zero-order chi connectivity index (χ0) is 22.1. The molecule has 1 aromatic heterocycles. The Hall–Kier alpha value is -3.90. The third-order valence-electron chi connectivity index (χ3n) is 5.08. The fourth-order valence-corrected chi connectivity index (χ4v) is 3.15. The molecular formula is C23H19FN4O4. The molecule has 2 heterocycles. The highest BCUT2D eigenvalue weighted by Gasteiger charge is 2.24. The van der Waals surface area contributed by atoms with Crippen molar-refractivity contribution in [3.63, 3.8) is 0 Å². The highest BCUT2D eigenvalue weighted by molar-refractivity contribution is 5.90. The van der Waals surface area contributed by atoms with E-state index in [0.29, 0.717) is 41.2 Å². The summed E-state index contributed by atoms with van der Waals surface area (Å²) in [6, 6.07) is 11.0. The summed E-state index contributed by atoms with van der Waals surface area (Å²) in [7, 11) is 0. The van der Waals surface area contributed by atoms with Crippen LogP contribution in [0.1, 0.15) is 18.4 Å². The minimum atomic E-state index is -0.623. The van der Waals surface area contributed by atoms with E-state index in [1.165, 1.54) is 12.1 Å². The number of pyridine rings is 1. The van der Waals surface area contributed by atoms with Crippen LogP contribution >= 0.6 is 0 Å². The third kappa shape index (κ3) is 4.55. The van der Waals surface area contributed by atoms with Gasteiger partial charge in [0, 0.05) is 29.8 Å². The van der Waals surface area contributed by atoms with E-state index in [4.69, 9.17) is 14.2 Å². The van der Waals surface area contributed by atoms with E-state index < -0.39 is 11.8 Å². The van der Waals surface area contributed by atoms with Crippen LogP contribution in [0.2, 0.25) is 0 Å². The number of anilines is 1. The summed E-state index contributed by atoms with van der Waals surface area (Å²) in [6.07, 6.45) is 3.51. The fraction of sp³-hybridized carbons (Fsp3) is 0.261. The van der Waals surface area contributed by atoms with Crippen LogP contribution in [0.25, 0.3) is 10.9 Å². The largest absolute Gasteiger partial charge is 0.489 e. The summed E-state index contributed by atoms with van der Waals surface area (Å²) in [6.45, 7) is 1.02. The van der Waals surface area contributed by atoms with Crippen LogP contribution in [0.3, 0.4) is 0 Å². The molecule has 1 unspecified atom stereocenters. The molecule has 1 aliphatic carbocycles. The second-order valence-electron chi connectivity index (χ2n) is 7.67. The number of hydrogen-bond acceptors (Lipinski definition) is 6. The van der Waals surface area contributed by atoms with Crippen molar-refractivity contribution in [2.75, 3.05) is 18.5 Å². The van der Waals surface area contributed by atoms with Gasteiger partial charge in [-0.2, -0.15) is 5.26 Å². The van der Waals surface area contributed by atoms with Gasteiger partial charge in [-0.3, -0.25) is 4.98 Å². The van der Waals surface area contributed by atoms with Crippen LogP contribution < -0.4 is 20.1 Å². The summed E-state index contributed by atoms with van der Waals surface area (Å²) in [5.74, 6) is 0.455. The van der Waals surface area contributed by atoms with Crippen molar-refractivity contribution in [3.8, 4) is 23.3 Å². The Kier molecular flexibility index (Phi) is 5.21. The SMILES string of the molecule is N#Cc1cc2c(Oc3ccc(NC(=O)NC4CC4)c(F)c3)ccnc2cc1OCC1CO1. The van der Waals surface area contributed by atoms with Crippen LogP contribution in [0.4, 0.5) is 14.9 Å². The number of aromatic nitrogens is 1. The molecule has 5 rings (SSSR count). The van der Waals surface area contributed by atoms with Gasteiger partial charge in [0.2, 0.25) is 0 Å². The number of nitrogens with zero attached hydrogens (tertiary/aromatic N) is 2. The number of rotatable bonds is 7. The molecule has 1 saturated heterocycles. The zero-order valence-electron chi connectivity index (χ0n) is 16.9. The van der Waals surface area contributed by atoms with Crippen LogP contribution in [-0.4, -0.2) is 36.4 Å². The quantitative estimate of drug-likeness (QED) is 0.542. The molecule has 0 spiro atoms. The van der Waals surface area contributed by atoms with Gasteiger partial charge in [-0.25, -0.2) is 9.18 Å². The molecule has 1 saturated carbocycles. The van der Waals surface area contributed by atoms with Crippen LogP contribution in [0.15, 0.2) is 42.6 Å². The first-order valence-electron chi connectivity index (χ1n) is 10.2. The van der Waals surface area contributed by atoms with E-state index in [9.17, 15) is 14.4 Å². The smallest absolute Gasteiger partial charge is 0.319 e. The number of nitrogens with one attached hydrogen (secondary N) is 2. The van der Waals surface area contributed by atoms with Crippen molar-refractivity contribution >= 4 is 22.6 Å². The normalized spacial score (nSPS) is 16.8. The van der Waals surface area contributed by atoms with Crippen LogP contribution in [0.5, 0.6) is 17.2 Å². The Bertz CT molecular complexity index is 1230. The fourth-order valence-electron chi connectivity index (χ4n) is 3.15. The van der Waals surface area contributed by atoms with E-state index in [-0.39, 0.29) is 23.6 Å². The molecule has 2 aromatic carbocycles. The Labute approximate surface area is 182 Å². The Morgan fingerprint density at radius 1 is 1.25 bits per heavy atom. The average Bonchev–Trinajstić information content (AvgIpc) is 3.70. The van der Waals surface area contributed by atoms with Crippen LogP contribution in [-0.2, 0) is 4.74 Å². The molecule has 0 bridgehead atoms. The predicted molar refractivity (Wildman–Crippen MR) is 113 cm³/mol. The van der Waals surface area contributed by atoms with Crippen molar-refractivity contribution in [2.24, 2.45) is 0 Å². The summed E-state index contributed by atoms with van der Waals surface area (Å²) < 4.78 is 31.2. The number of carbonyl (C=O) groups is 1. The molecule has 1 aliphatic heterocycles. The van der Waals surface area contributed by atoms with E-state index in [2.05, 4.69) is 21.7 Å². The van der Waals surface area contributed by atoms with Crippen molar-refractivity contribution in [2.45, 2.75) is 25.0 Å². The Balaban J connectivity index is 1.36. The van der Waals surface area contributed by atoms with E-state index in [0.717, 1.165) is 12.8 Å². The monoisotopic (exact) mass is 434 g/mol. The number of carbonyl (C=O) groups excluding carboxylic acids is 1.